The van der Waals surface area contributed by atoms with Crippen LogP contribution in [0.25, 0.3) is 0 Å². The van der Waals surface area contributed by atoms with Crippen LogP contribution in [0.5, 0.6) is 0 Å². The van der Waals surface area contributed by atoms with E-state index in [1.54, 1.807) is 11.3 Å². The monoisotopic (exact) mass is 292 g/mol. The van der Waals surface area contributed by atoms with Gasteiger partial charge in [0.25, 0.3) is 5.91 Å². The molecule has 1 amide bonds. The van der Waals surface area contributed by atoms with E-state index in [1.807, 2.05) is 0 Å². The molecule has 0 aromatic carbocycles. The molecule has 2 aliphatic rings. The molecule has 1 fully saturated rings. The average Bonchev–Trinajstić information content (AvgIpc) is 2.84. The summed E-state index contributed by atoms with van der Waals surface area (Å²) in [6, 6.07) is 0.650. The molecule has 3 atom stereocenters. The molecule has 3 nitrogen and oxygen atoms in total. The van der Waals surface area contributed by atoms with Crippen molar-refractivity contribution in [1.82, 2.24) is 10.2 Å². The maximum absolute atomic E-state index is 12.9. The van der Waals surface area contributed by atoms with Gasteiger partial charge in [-0.1, -0.05) is 6.92 Å². The summed E-state index contributed by atoms with van der Waals surface area (Å²) in [6.07, 6.45) is 3.45. The van der Waals surface area contributed by atoms with Crippen molar-refractivity contribution in [3.05, 3.63) is 21.4 Å². The zero-order chi connectivity index (χ0) is 14.3. The molecule has 0 bridgehead atoms. The Balaban J connectivity index is 1.84. The summed E-state index contributed by atoms with van der Waals surface area (Å²) in [5.41, 5.74) is 2.33. The van der Waals surface area contributed by atoms with Gasteiger partial charge in [0, 0.05) is 35.4 Å². The third kappa shape index (κ3) is 2.40. The minimum atomic E-state index is 0.248. The number of piperazine rings is 1. The Morgan fingerprint density at radius 2 is 2.20 bits per heavy atom. The van der Waals surface area contributed by atoms with Crippen molar-refractivity contribution < 1.29 is 4.79 Å². The van der Waals surface area contributed by atoms with Crippen molar-refractivity contribution in [1.29, 1.82) is 0 Å². The van der Waals surface area contributed by atoms with E-state index in [9.17, 15) is 4.79 Å². The molecule has 3 rings (SSSR count). The number of amides is 1. The van der Waals surface area contributed by atoms with E-state index < -0.39 is 0 Å². The zero-order valence-electron chi connectivity index (χ0n) is 12.6. The highest BCUT2D eigenvalue weighted by molar-refractivity contribution is 7.10. The largest absolute Gasteiger partial charge is 0.333 e. The highest BCUT2D eigenvalue weighted by Crippen LogP contribution is 2.33. The zero-order valence-corrected chi connectivity index (χ0v) is 13.4. The van der Waals surface area contributed by atoms with Crippen LogP contribution in [-0.2, 0) is 12.8 Å². The number of carbonyl (C=O) groups is 1. The predicted molar refractivity (Wildman–Crippen MR) is 83.5 cm³/mol. The number of carbonyl (C=O) groups excluding carboxylic acids is 1. The molecule has 4 heteroatoms. The van der Waals surface area contributed by atoms with E-state index in [4.69, 9.17) is 0 Å². The van der Waals surface area contributed by atoms with Crippen LogP contribution in [0.3, 0.4) is 0 Å². The normalized spacial score (nSPS) is 30.1. The minimum Gasteiger partial charge on any atom is -0.333 e. The summed E-state index contributed by atoms with van der Waals surface area (Å²) in [6.45, 7) is 8.35. The van der Waals surface area contributed by atoms with Gasteiger partial charge in [0.1, 0.15) is 0 Å². The molecule has 1 aliphatic heterocycles. The number of hydrogen-bond donors (Lipinski definition) is 1. The maximum atomic E-state index is 12.9. The fraction of sp³-hybridized carbons (Fsp3) is 0.688. The summed E-state index contributed by atoms with van der Waals surface area (Å²) in [5, 5.41) is 5.54. The van der Waals surface area contributed by atoms with Gasteiger partial charge in [-0.3, -0.25) is 4.79 Å². The molecule has 2 heterocycles. The van der Waals surface area contributed by atoms with E-state index >= 15 is 0 Å². The summed E-state index contributed by atoms with van der Waals surface area (Å²) in [5.74, 6) is 1.01. The van der Waals surface area contributed by atoms with Gasteiger partial charge in [-0.05, 0) is 44.6 Å². The Kier molecular flexibility index (Phi) is 3.87. The fourth-order valence-corrected chi connectivity index (χ4v) is 4.59. The molecule has 1 aromatic rings. The first kappa shape index (κ1) is 14.1. The highest BCUT2D eigenvalue weighted by Gasteiger charge is 2.31. The minimum absolute atomic E-state index is 0.248. The van der Waals surface area contributed by atoms with E-state index in [2.05, 4.69) is 36.4 Å². The van der Waals surface area contributed by atoms with Crippen molar-refractivity contribution in [3.8, 4) is 0 Å². The van der Waals surface area contributed by atoms with Crippen LogP contribution in [0.2, 0.25) is 0 Å². The van der Waals surface area contributed by atoms with Crippen molar-refractivity contribution >= 4 is 17.2 Å². The number of rotatable bonds is 1. The van der Waals surface area contributed by atoms with Gasteiger partial charge in [-0.25, -0.2) is 0 Å². The summed E-state index contributed by atoms with van der Waals surface area (Å²) in [7, 11) is 0. The van der Waals surface area contributed by atoms with Crippen LogP contribution in [-0.4, -0.2) is 36.0 Å². The standard InChI is InChI=1S/C16H24N2OS/c1-10-4-5-13-14(9-20-15(13)8-10)16(19)18-7-6-17-11(2)12(18)3/h9-12,17H,4-8H2,1-3H3. The van der Waals surface area contributed by atoms with Crippen LogP contribution in [0.4, 0.5) is 0 Å². The van der Waals surface area contributed by atoms with E-state index in [0.29, 0.717) is 6.04 Å². The van der Waals surface area contributed by atoms with Gasteiger partial charge in [-0.15, -0.1) is 11.3 Å². The smallest absolute Gasteiger partial charge is 0.255 e. The summed E-state index contributed by atoms with van der Waals surface area (Å²) >= 11 is 1.79. The van der Waals surface area contributed by atoms with Gasteiger partial charge in [-0.2, -0.15) is 0 Å². The molecule has 0 saturated carbocycles. The number of nitrogens with one attached hydrogen (secondary N) is 1. The average molecular weight is 292 g/mol. The van der Waals surface area contributed by atoms with Gasteiger partial charge in [0.2, 0.25) is 0 Å². The van der Waals surface area contributed by atoms with E-state index in [0.717, 1.165) is 37.4 Å². The second-order valence-electron chi connectivity index (χ2n) is 6.38. The third-order valence-corrected chi connectivity index (χ3v) is 5.98. The van der Waals surface area contributed by atoms with Crippen LogP contribution in [0, 0.1) is 5.92 Å². The quantitative estimate of drug-likeness (QED) is 0.863. The number of nitrogens with zero attached hydrogens (tertiary/aromatic N) is 1. The third-order valence-electron chi connectivity index (χ3n) is 4.93. The Morgan fingerprint density at radius 3 is 3.00 bits per heavy atom. The first-order chi connectivity index (χ1) is 9.58. The topological polar surface area (TPSA) is 32.3 Å². The van der Waals surface area contributed by atoms with E-state index in [1.165, 1.54) is 16.9 Å². The maximum Gasteiger partial charge on any atom is 0.255 e. The fourth-order valence-electron chi connectivity index (χ4n) is 3.35. The van der Waals surface area contributed by atoms with Crippen molar-refractivity contribution in [3.63, 3.8) is 0 Å². The molecule has 0 spiro atoms. The van der Waals surface area contributed by atoms with Gasteiger partial charge in [0.05, 0.1) is 5.56 Å². The number of fused-ring (bicyclic) bond motifs is 1. The molecule has 1 N–H and O–H groups in total. The molecular formula is C16H24N2OS. The first-order valence-corrected chi connectivity index (χ1v) is 8.59. The molecule has 0 radical (unpaired) electrons. The lowest BCUT2D eigenvalue weighted by atomic mass is 9.88. The van der Waals surface area contributed by atoms with E-state index in [-0.39, 0.29) is 11.9 Å². The molecule has 110 valence electrons. The van der Waals surface area contributed by atoms with Crippen LogP contribution >= 0.6 is 11.3 Å². The Hall–Kier alpha value is -0.870. The molecule has 1 saturated heterocycles. The molecule has 20 heavy (non-hydrogen) atoms. The van der Waals surface area contributed by atoms with Crippen LogP contribution in [0.1, 0.15) is 48.0 Å². The molecule has 1 aromatic heterocycles. The SMILES string of the molecule is CC1CCc2c(C(=O)N3CCNC(C)C3C)csc2C1. The van der Waals surface area contributed by atoms with Crippen LogP contribution < -0.4 is 5.32 Å². The predicted octanol–water partition coefficient (Wildman–Crippen LogP) is 2.70. The molecule has 3 unspecified atom stereocenters. The summed E-state index contributed by atoms with van der Waals surface area (Å²) in [4.78, 5) is 16.4. The van der Waals surface area contributed by atoms with Gasteiger partial charge < -0.3 is 10.2 Å². The lowest BCUT2D eigenvalue weighted by Gasteiger charge is -2.38. The van der Waals surface area contributed by atoms with Crippen molar-refractivity contribution in [2.24, 2.45) is 5.92 Å². The van der Waals surface area contributed by atoms with Gasteiger partial charge in [0.15, 0.2) is 0 Å². The van der Waals surface area contributed by atoms with Gasteiger partial charge >= 0.3 is 0 Å². The lowest BCUT2D eigenvalue weighted by molar-refractivity contribution is 0.0602. The Morgan fingerprint density at radius 1 is 1.40 bits per heavy atom. The molecule has 1 aliphatic carbocycles. The second-order valence-corrected chi connectivity index (χ2v) is 7.35. The van der Waals surface area contributed by atoms with Crippen molar-refractivity contribution in [2.75, 3.05) is 13.1 Å². The highest BCUT2D eigenvalue weighted by atomic mass is 32.1. The molecular weight excluding hydrogens is 268 g/mol. The Labute approximate surface area is 125 Å². The number of thiophene rings is 1. The van der Waals surface area contributed by atoms with Crippen molar-refractivity contribution in [2.45, 2.75) is 52.1 Å². The number of hydrogen-bond acceptors (Lipinski definition) is 3. The summed E-state index contributed by atoms with van der Waals surface area (Å²) < 4.78 is 0. The Bertz CT molecular complexity index is 511. The lowest BCUT2D eigenvalue weighted by Crippen LogP contribution is -2.57. The first-order valence-electron chi connectivity index (χ1n) is 7.71. The second kappa shape index (κ2) is 5.49. The van der Waals surface area contributed by atoms with Crippen LogP contribution in [0.15, 0.2) is 5.38 Å².